The van der Waals surface area contributed by atoms with Crippen molar-refractivity contribution in [1.82, 2.24) is 9.80 Å². The molecule has 0 unspecified atom stereocenters. The van der Waals surface area contributed by atoms with Gasteiger partial charge in [0.2, 0.25) is 17.7 Å². The highest BCUT2D eigenvalue weighted by Crippen LogP contribution is 2.53. The molecule has 3 fully saturated rings. The number of piperazine rings is 1. The number of nitrogens with zero attached hydrogens (tertiary/aromatic N) is 2. The number of carbonyl (C=O) groups excluding carboxylic acids is 3. The molecule has 0 bridgehead atoms. The largest absolute Gasteiger partial charge is 0.329 e. The molecule has 6 heteroatoms. The second kappa shape index (κ2) is 4.84. The second-order valence-electron chi connectivity index (χ2n) is 7.55. The van der Waals surface area contributed by atoms with Crippen LogP contribution in [0, 0.1) is 0 Å². The molecule has 1 aromatic carbocycles. The molecule has 0 aliphatic carbocycles. The van der Waals surface area contributed by atoms with Crippen LogP contribution in [-0.2, 0) is 19.8 Å². The fourth-order valence-corrected chi connectivity index (χ4v) is 5.57. The van der Waals surface area contributed by atoms with Gasteiger partial charge in [-0.3, -0.25) is 14.4 Å². The standard InChI is InChI=1S/C19H21N3O3/c1-2-15-19(11-6-3-4-7-12(11)20-18(19)25)10-14-16(23)21-9-5-8-13(21)17(24)22(14)15/h3-4,6-7,13-15H,2,5,8-10H2,1H3,(H,20,25)/t13-,14-,15-,19-/m0/s1. The Hall–Kier alpha value is -2.37. The SMILES string of the molecule is CC[C@@H]1N2C(=O)[C@@H]3CCCN3C(=O)[C@@H]2C[C@@]12C(=O)Nc1ccccc12. The Kier molecular flexibility index (Phi) is 2.89. The minimum atomic E-state index is -0.804. The molecule has 4 atom stereocenters. The van der Waals surface area contributed by atoms with Crippen LogP contribution in [0.1, 0.15) is 38.2 Å². The third kappa shape index (κ3) is 1.62. The van der Waals surface area contributed by atoms with Crippen LogP contribution in [0.3, 0.4) is 0 Å². The Morgan fingerprint density at radius 1 is 1.16 bits per heavy atom. The first kappa shape index (κ1) is 14.9. The van der Waals surface area contributed by atoms with Crippen molar-refractivity contribution in [3.8, 4) is 0 Å². The van der Waals surface area contributed by atoms with E-state index in [1.54, 1.807) is 9.80 Å². The van der Waals surface area contributed by atoms with Gasteiger partial charge in [-0.05, 0) is 37.3 Å². The molecule has 1 N–H and O–H groups in total. The van der Waals surface area contributed by atoms with Gasteiger partial charge in [0.15, 0.2) is 0 Å². The smallest absolute Gasteiger partial charge is 0.246 e. The third-order valence-corrected chi connectivity index (χ3v) is 6.56. The van der Waals surface area contributed by atoms with Gasteiger partial charge in [0.05, 0.1) is 11.5 Å². The van der Waals surface area contributed by atoms with Crippen molar-refractivity contribution in [2.45, 2.75) is 56.1 Å². The van der Waals surface area contributed by atoms with Crippen LogP contribution in [0.15, 0.2) is 24.3 Å². The average Bonchev–Trinajstić information content (AvgIpc) is 3.30. The van der Waals surface area contributed by atoms with E-state index in [2.05, 4.69) is 5.32 Å². The molecule has 3 saturated heterocycles. The van der Waals surface area contributed by atoms with Gasteiger partial charge >= 0.3 is 0 Å². The monoisotopic (exact) mass is 339 g/mol. The molecule has 0 saturated carbocycles. The molecule has 25 heavy (non-hydrogen) atoms. The lowest BCUT2D eigenvalue weighted by atomic mass is 9.73. The number of fused-ring (bicyclic) bond motifs is 4. The van der Waals surface area contributed by atoms with Gasteiger partial charge < -0.3 is 15.1 Å². The van der Waals surface area contributed by atoms with Gasteiger partial charge in [0, 0.05) is 12.2 Å². The molecule has 1 spiro atoms. The van der Waals surface area contributed by atoms with Crippen LogP contribution in [-0.4, -0.2) is 52.2 Å². The number of rotatable bonds is 1. The molecular formula is C19H21N3O3. The van der Waals surface area contributed by atoms with Crippen molar-refractivity contribution in [1.29, 1.82) is 0 Å². The fourth-order valence-electron chi connectivity index (χ4n) is 5.57. The first-order valence-electron chi connectivity index (χ1n) is 9.13. The molecular weight excluding hydrogens is 318 g/mol. The van der Waals surface area contributed by atoms with Crippen molar-refractivity contribution in [3.63, 3.8) is 0 Å². The third-order valence-electron chi connectivity index (χ3n) is 6.56. The molecule has 4 heterocycles. The minimum Gasteiger partial charge on any atom is -0.329 e. The van der Waals surface area contributed by atoms with Gasteiger partial charge in [0.1, 0.15) is 12.1 Å². The van der Waals surface area contributed by atoms with E-state index in [9.17, 15) is 14.4 Å². The van der Waals surface area contributed by atoms with Crippen LogP contribution in [0.4, 0.5) is 5.69 Å². The van der Waals surface area contributed by atoms with Crippen LogP contribution in [0.5, 0.6) is 0 Å². The molecule has 4 aliphatic rings. The van der Waals surface area contributed by atoms with Gasteiger partial charge in [-0.15, -0.1) is 0 Å². The van der Waals surface area contributed by atoms with Gasteiger partial charge in [-0.2, -0.15) is 0 Å². The lowest BCUT2D eigenvalue weighted by Gasteiger charge is -2.41. The Morgan fingerprint density at radius 3 is 2.76 bits per heavy atom. The fraction of sp³-hybridized carbons (Fsp3) is 0.526. The molecule has 0 aromatic heterocycles. The Balaban J connectivity index is 1.66. The average molecular weight is 339 g/mol. The predicted molar refractivity (Wildman–Crippen MR) is 90.8 cm³/mol. The summed E-state index contributed by atoms with van der Waals surface area (Å²) in [6.45, 7) is 2.66. The lowest BCUT2D eigenvalue weighted by molar-refractivity contribution is -0.159. The summed E-state index contributed by atoms with van der Waals surface area (Å²) in [4.78, 5) is 42.8. The summed E-state index contributed by atoms with van der Waals surface area (Å²) < 4.78 is 0. The number of nitrogens with one attached hydrogen (secondary N) is 1. The Morgan fingerprint density at radius 2 is 1.96 bits per heavy atom. The van der Waals surface area contributed by atoms with Crippen molar-refractivity contribution >= 4 is 23.4 Å². The summed E-state index contributed by atoms with van der Waals surface area (Å²) >= 11 is 0. The number of benzene rings is 1. The number of hydrogen-bond donors (Lipinski definition) is 1. The van der Waals surface area contributed by atoms with Crippen LogP contribution in [0.2, 0.25) is 0 Å². The molecule has 5 rings (SSSR count). The normalized spacial score (nSPS) is 35.9. The number of anilines is 1. The molecule has 4 aliphatic heterocycles. The summed E-state index contributed by atoms with van der Waals surface area (Å²) in [6, 6.07) is 6.58. The van der Waals surface area contributed by atoms with E-state index in [1.807, 2.05) is 31.2 Å². The molecule has 1 aromatic rings. The van der Waals surface area contributed by atoms with Crippen molar-refractivity contribution in [2.75, 3.05) is 11.9 Å². The zero-order valence-electron chi connectivity index (χ0n) is 14.2. The van der Waals surface area contributed by atoms with Gasteiger partial charge in [0.25, 0.3) is 0 Å². The quantitative estimate of drug-likeness (QED) is 0.837. The molecule has 3 amide bonds. The van der Waals surface area contributed by atoms with E-state index in [-0.39, 0.29) is 29.8 Å². The van der Waals surface area contributed by atoms with Crippen LogP contribution in [0.25, 0.3) is 0 Å². The zero-order valence-corrected chi connectivity index (χ0v) is 14.2. The van der Waals surface area contributed by atoms with Crippen molar-refractivity contribution < 1.29 is 14.4 Å². The topological polar surface area (TPSA) is 69.7 Å². The molecule has 130 valence electrons. The number of carbonyl (C=O) groups is 3. The first-order chi connectivity index (χ1) is 12.1. The second-order valence-corrected chi connectivity index (χ2v) is 7.55. The highest BCUT2D eigenvalue weighted by Gasteiger charge is 2.66. The predicted octanol–water partition coefficient (Wildman–Crippen LogP) is 1.26. The van der Waals surface area contributed by atoms with E-state index in [0.717, 1.165) is 24.1 Å². The van der Waals surface area contributed by atoms with Crippen molar-refractivity contribution in [3.05, 3.63) is 29.8 Å². The van der Waals surface area contributed by atoms with E-state index in [4.69, 9.17) is 0 Å². The Bertz CT molecular complexity index is 807. The van der Waals surface area contributed by atoms with Crippen molar-refractivity contribution in [2.24, 2.45) is 0 Å². The van der Waals surface area contributed by atoms with Crippen LogP contribution >= 0.6 is 0 Å². The van der Waals surface area contributed by atoms with Gasteiger partial charge in [-0.1, -0.05) is 25.1 Å². The van der Waals surface area contributed by atoms with Crippen LogP contribution < -0.4 is 5.32 Å². The van der Waals surface area contributed by atoms with E-state index >= 15 is 0 Å². The van der Waals surface area contributed by atoms with Gasteiger partial charge in [-0.25, -0.2) is 0 Å². The summed E-state index contributed by atoms with van der Waals surface area (Å²) in [7, 11) is 0. The minimum absolute atomic E-state index is 0.0228. The summed E-state index contributed by atoms with van der Waals surface area (Å²) in [5.74, 6) is -0.0201. The summed E-state index contributed by atoms with van der Waals surface area (Å²) in [5, 5.41) is 2.98. The zero-order chi connectivity index (χ0) is 17.3. The maximum atomic E-state index is 13.2. The molecule has 6 nitrogen and oxygen atoms in total. The highest BCUT2D eigenvalue weighted by atomic mass is 16.2. The number of para-hydroxylation sites is 1. The van der Waals surface area contributed by atoms with E-state index in [1.165, 1.54) is 0 Å². The number of hydrogen-bond acceptors (Lipinski definition) is 3. The summed E-state index contributed by atoms with van der Waals surface area (Å²) in [5.41, 5.74) is 0.939. The maximum absolute atomic E-state index is 13.2. The first-order valence-corrected chi connectivity index (χ1v) is 9.13. The maximum Gasteiger partial charge on any atom is 0.246 e. The molecule has 0 radical (unpaired) electrons. The Labute approximate surface area is 146 Å². The van der Waals surface area contributed by atoms with E-state index in [0.29, 0.717) is 19.4 Å². The van der Waals surface area contributed by atoms with E-state index < -0.39 is 11.5 Å². The highest BCUT2D eigenvalue weighted by molar-refractivity contribution is 6.09. The number of amides is 3. The summed E-state index contributed by atoms with van der Waals surface area (Å²) in [6.07, 6.45) is 2.67. The lowest BCUT2D eigenvalue weighted by Crippen LogP contribution is -2.62.